The fourth-order valence-corrected chi connectivity index (χ4v) is 1.86. The predicted molar refractivity (Wildman–Crippen MR) is 79.1 cm³/mol. The number of rotatable bonds is 6. The van der Waals surface area contributed by atoms with Gasteiger partial charge in [0.15, 0.2) is 0 Å². The van der Waals surface area contributed by atoms with Crippen LogP contribution in [0.4, 0.5) is 14.9 Å². The molecule has 0 radical (unpaired) electrons. The van der Waals surface area contributed by atoms with E-state index >= 15 is 0 Å². The Balaban J connectivity index is 2.89. The molecule has 0 heterocycles. The summed E-state index contributed by atoms with van der Waals surface area (Å²) in [5.41, 5.74) is -0.167. The molecule has 1 atom stereocenters. The molecule has 0 fully saturated rings. The second-order valence-electron chi connectivity index (χ2n) is 4.98. The molecule has 2 amide bonds. The van der Waals surface area contributed by atoms with E-state index in [0.29, 0.717) is 19.0 Å². The highest BCUT2D eigenvalue weighted by Gasteiger charge is 2.18. The number of hydrogen-bond donors (Lipinski definition) is 2. The Morgan fingerprint density at radius 1 is 1.38 bits per heavy atom. The zero-order valence-electron chi connectivity index (χ0n) is 12.5. The van der Waals surface area contributed by atoms with Crippen molar-refractivity contribution in [2.45, 2.75) is 27.2 Å². The van der Waals surface area contributed by atoms with Crippen LogP contribution >= 0.6 is 0 Å². The van der Waals surface area contributed by atoms with Crippen LogP contribution in [0.1, 0.15) is 37.6 Å². The largest absolute Gasteiger partial charge is 0.478 e. The van der Waals surface area contributed by atoms with Crippen LogP contribution < -0.4 is 5.32 Å². The molecule has 1 aromatic rings. The van der Waals surface area contributed by atoms with Crippen LogP contribution in [0, 0.1) is 11.7 Å². The van der Waals surface area contributed by atoms with Crippen molar-refractivity contribution in [2.24, 2.45) is 5.92 Å². The van der Waals surface area contributed by atoms with Crippen LogP contribution in [0.5, 0.6) is 0 Å². The maximum Gasteiger partial charge on any atom is 0.337 e. The van der Waals surface area contributed by atoms with Crippen molar-refractivity contribution in [2.75, 3.05) is 18.4 Å². The number of benzene rings is 1. The SMILES string of the molecule is CCC(C)CN(CC)C(=O)Nc1ccc(F)cc1C(=O)O. The number of amides is 2. The van der Waals surface area contributed by atoms with Gasteiger partial charge in [-0.1, -0.05) is 20.3 Å². The third-order valence-corrected chi connectivity index (χ3v) is 3.35. The topological polar surface area (TPSA) is 69.6 Å². The number of urea groups is 1. The lowest BCUT2D eigenvalue weighted by molar-refractivity contribution is 0.0697. The molecule has 0 saturated carbocycles. The second kappa shape index (κ2) is 7.61. The first-order valence-corrected chi connectivity index (χ1v) is 6.97. The number of carboxylic acid groups (broad SMARTS) is 1. The number of carboxylic acids is 1. The summed E-state index contributed by atoms with van der Waals surface area (Å²) in [6.45, 7) is 7.03. The molecule has 2 N–H and O–H groups in total. The lowest BCUT2D eigenvalue weighted by Crippen LogP contribution is -2.38. The second-order valence-corrected chi connectivity index (χ2v) is 4.98. The van der Waals surface area contributed by atoms with Crippen LogP contribution in [0.15, 0.2) is 18.2 Å². The molecule has 0 aliphatic rings. The molecular formula is C15H21FN2O3. The van der Waals surface area contributed by atoms with Crippen molar-refractivity contribution in [1.29, 1.82) is 0 Å². The molecule has 1 unspecified atom stereocenters. The van der Waals surface area contributed by atoms with Crippen molar-refractivity contribution in [3.05, 3.63) is 29.6 Å². The summed E-state index contributed by atoms with van der Waals surface area (Å²) in [7, 11) is 0. The number of aromatic carboxylic acids is 1. The van der Waals surface area contributed by atoms with Gasteiger partial charge in [0.05, 0.1) is 11.3 Å². The number of halogens is 1. The highest BCUT2D eigenvalue weighted by atomic mass is 19.1. The van der Waals surface area contributed by atoms with Gasteiger partial charge in [0.2, 0.25) is 0 Å². The van der Waals surface area contributed by atoms with Crippen molar-refractivity contribution >= 4 is 17.7 Å². The lowest BCUT2D eigenvalue weighted by atomic mass is 10.1. The van der Waals surface area contributed by atoms with E-state index in [-0.39, 0.29) is 17.3 Å². The van der Waals surface area contributed by atoms with Gasteiger partial charge in [-0.05, 0) is 31.0 Å². The zero-order chi connectivity index (χ0) is 16.0. The summed E-state index contributed by atoms with van der Waals surface area (Å²) < 4.78 is 13.1. The minimum absolute atomic E-state index is 0.0940. The predicted octanol–water partition coefficient (Wildman–Crippen LogP) is 3.42. The van der Waals surface area contributed by atoms with Gasteiger partial charge in [0.25, 0.3) is 0 Å². The Morgan fingerprint density at radius 3 is 2.57 bits per heavy atom. The highest BCUT2D eigenvalue weighted by molar-refractivity contribution is 6.00. The van der Waals surface area contributed by atoms with Gasteiger partial charge in [-0.15, -0.1) is 0 Å². The van der Waals surface area contributed by atoms with Crippen molar-refractivity contribution in [3.8, 4) is 0 Å². The molecule has 0 saturated heterocycles. The first kappa shape index (κ1) is 16.9. The highest BCUT2D eigenvalue weighted by Crippen LogP contribution is 2.18. The van der Waals surface area contributed by atoms with Crippen molar-refractivity contribution in [3.63, 3.8) is 0 Å². The van der Waals surface area contributed by atoms with Gasteiger partial charge < -0.3 is 15.3 Å². The van der Waals surface area contributed by atoms with Gasteiger partial charge in [-0.2, -0.15) is 0 Å². The average Bonchev–Trinajstić information content (AvgIpc) is 2.45. The first-order chi connectivity index (χ1) is 9.88. The summed E-state index contributed by atoms with van der Waals surface area (Å²) in [6, 6.07) is 2.89. The third-order valence-electron chi connectivity index (χ3n) is 3.35. The van der Waals surface area contributed by atoms with E-state index < -0.39 is 11.8 Å². The zero-order valence-corrected chi connectivity index (χ0v) is 12.5. The van der Waals surface area contributed by atoms with Gasteiger partial charge in [-0.25, -0.2) is 14.0 Å². The van der Waals surface area contributed by atoms with E-state index in [1.54, 1.807) is 4.90 Å². The molecule has 21 heavy (non-hydrogen) atoms. The van der Waals surface area contributed by atoms with Crippen LogP contribution in [-0.4, -0.2) is 35.1 Å². The minimum atomic E-state index is -1.28. The fourth-order valence-electron chi connectivity index (χ4n) is 1.86. The van der Waals surface area contributed by atoms with Crippen LogP contribution in [0.3, 0.4) is 0 Å². The standard InChI is InChI=1S/C15H21FN2O3/c1-4-10(3)9-18(5-2)15(21)17-13-7-6-11(16)8-12(13)14(19)20/h6-8,10H,4-5,9H2,1-3H3,(H,17,21)(H,19,20). The molecule has 1 rings (SSSR count). The monoisotopic (exact) mass is 296 g/mol. The van der Waals surface area contributed by atoms with Gasteiger partial charge in [-0.3, -0.25) is 0 Å². The number of carbonyl (C=O) groups is 2. The fraction of sp³-hybridized carbons (Fsp3) is 0.467. The first-order valence-electron chi connectivity index (χ1n) is 6.97. The number of carbonyl (C=O) groups excluding carboxylic acids is 1. The number of anilines is 1. The Kier molecular flexibility index (Phi) is 6.14. The number of hydrogen-bond acceptors (Lipinski definition) is 2. The normalized spacial score (nSPS) is 11.8. The smallest absolute Gasteiger partial charge is 0.337 e. The van der Waals surface area contributed by atoms with E-state index in [9.17, 15) is 14.0 Å². The molecule has 0 bridgehead atoms. The quantitative estimate of drug-likeness (QED) is 0.845. The maximum atomic E-state index is 13.1. The molecule has 0 spiro atoms. The van der Waals surface area contributed by atoms with Crippen LogP contribution in [0.25, 0.3) is 0 Å². The molecule has 116 valence electrons. The minimum Gasteiger partial charge on any atom is -0.478 e. The molecule has 0 aromatic heterocycles. The van der Waals surface area contributed by atoms with Gasteiger partial charge >= 0.3 is 12.0 Å². The summed E-state index contributed by atoms with van der Waals surface area (Å²) >= 11 is 0. The molecular weight excluding hydrogens is 275 g/mol. The lowest BCUT2D eigenvalue weighted by Gasteiger charge is -2.24. The van der Waals surface area contributed by atoms with E-state index in [1.165, 1.54) is 6.07 Å². The Bertz CT molecular complexity index is 520. The summed E-state index contributed by atoms with van der Waals surface area (Å²) in [6.07, 6.45) is 0.945. The van der Waals surface area contributed by atoms with Gasteiger partial charge in [0.1, 0.15) is 5.82 Å². The maximum absolute atomic E-state index is 13.1. The van der Waals surface area contributed by atoms with Crippen molar-refractivity contribution in [1.82, 2.24) is 4.90 Å². The number of nitrogens with zero attached hydrogens (tertiary/aromatic N) is 1. The summed E-state index contributed by atoms with van der Waals surface area (Å²) in [5, 5.41) is 11.6. The summed E-state index contributed by atoms with van der Waals surface area (Å²) in [4.78, 5) is 24.9. The van der Waals surface area contributed by atoms with E-state index in [0.717, 1.165) is 18.6 Å². The van der Waals surface area contributed by atoms with Crippen LogP contribution in [-0.2, 0) is 0 Å². The molecule has 5 nitrogen and oxygen atoms in total. The Labute approximate surface area is 123 Å². The van der Waals surface area contributed by atoms with Crippen LogP contribution in [0.2, 0.25) is 0 Å². The van der Waals surface area contributed by atoms with E-state index in [2.05, 4.69) is 5.32 Å². The Morgan fingerprint density at radius 2 is 2.05 bits per heavy atom. The number of nitrogens with one attached hydrogen (secondary N) is 1. The van der Waals surface area contributed by atoms with E-state index in [1.807, 2.05) is 20.8 Å². The molecule has 6 heteroatoms. The molecule has 1 aromatic carbocycles. The van der Waals surface area contributed by atoms with E-state index in [4.69, 9.17) is 5.11 Å². The van der Waals surface area contributed by atoms with Gasteiger partial charge in [0, 0.05) is 13.1 Å². The van der Waals surface area contributed by atoms with Crippen molar-refractivity contribution < 1.29 is 19.1 Å². The summed E-state index contributed by atoms with van der Waals surface area (Å²) in [5.74, 6) is -1.59. The average molecular weight is 296 g/mol. The molecule has 0 aliphatic carbocycles. The third kappa shape index (κ3) is 4.73. The Hall–Kier alpha value is -2.11. The molecule has 0 aliphatic heterocycles.